The number of carboxylic acid groups (broad SMARTS) is 1. The van der Waals surface area contributed by atoms with Crippen LogP contribution in [0.5, 0.6) is 17.2 Å². The number of ether oxygens (including phenoxy) is 3. The minimum Gasteiger partial charge on any atom is -0.497 e. The molecule has 1 N–H and O–H groups in total. The first-order valence-corrected chi connectivity index (χ1v) is 13.1. The van der Waals surface area contributed by atoms with Gasteiger partial charge in [0.05, 0.1) is 12.7 Å². The van der Waals surface area contributed by atoms with Crippen molar-refractivity contribution in [3.05, 3.63) is 114 Å². The average molecular weight is 573 g/mol. The zero-order valence-corrected chi connectivity index (χ0v) is 22.9. The van der Waals surface area contributed by atoms with Crippen LogP contribution in [0, 0.1) is 6.92 Å². The molecule has 5 nitrogen and oxygen atoms in total. The van der Waals surface area contributed by atoms with E-state index in [0.29, 0.717) is 17.1 Å². The number of hydrogen-bond donors (Lipinski definition) is 1. The van der Waals surface area contributed by atoms with Crippen LogP contribution >= 0.6 is 0 Å². The first-order chi connectivity index (χ1) is 20.1. The second-order valence-electron chi connectivity index (χ2n) is 9.82. The summed E-state index contributed by atoms with van der Waals surface area (Å²) in [6.45, 7) is 1.55. The van der Waals surface area contributed by atoms with Crippen molar-refractivity contribution in [2.75, 3.05) is 13.7 Å². The lowest BCUT2D eigenvalue weighted by Crippen LogP contribution is -2.10. The number of benzene rings is 5. The molecule has 0 saturated carbocycles. The minimum atomic E-state index is -4.42. The Kier molecular flexibility index (Phi) is 8.06. The molecule has 8 heteroatoms. The number of rotatable bonds is 9. The van der Waals surface area contributed by atoms with Crippen LogP contribution in [0.2, 0.25) is 0 Å². The molecule has 0 aliphatic carbocycles. The lowest BCUT2D eigenvalue weighted by Gasteiger charge is -2.14. The fraction of sp³-hybridized carbons (Fsp3) is 0.147. The molecule has 0 aliphatic rings. The summed E-state index contributed by atoms with van der Waals surface area (Å²) in [5.41, 5.74) is 4.07. The highest BCUT2D eigenvalue weighted by Gasteiger charge is 2.30. The molecule has 0 atom stereocenters. The summed E-state index contributed by atoms with van der Waals surface area (Å²) in [5, 5.41) is 10.9. The Morgan fingerprint density at radius 1 is 0.714 bits per heavy atom. The molecule has 5 rings (SSSR count). The molecule has 0 aromatic heterocycles. The van der Waals surface area contributed by atoms with Crippen LogP contribution in [-0.2, 0) is 17.6 Å². The quantitative estimate of drug-likeness (QED) is 0.192. The lowest BCUT2D eigenvalue weighted by atomic mass is 9.94. The minimum absolute atomic E-state index is 0.195. The highest BCUT2D eigenvalue weighted by Crippen LogP contribution is 2.34. The van der Waals surface area contributed by atoms with Gasteiger partial charge in [-0.15, -0.1) is 0 Å². The number of carbonyl (C=O) groups is 1. The predicted molar refractivity (Wildman–Crippen MR) is 155 cm³/mol. The molecule has 0 radical (unpaired) electrons. The monoisotopic (exact) mass is 572 g/mol. The van der Waals surface area contributed by atoms with Crippen LogP contribution in [0.25, 0.3) is 33.0 Å². The Hall–Kier alpha value is -4.98. The van der Waals surface area contributed by atoms with E-state index in [1.807, 2.05) is 48.5 Å². The van der Waals surface area contributed by atoms with Crippen LogP contribution in [0.3, 0.4) is 0 Å². The average Bonchev–Trinajstić information content (AvgIpc) is 2.98. The number of hydrogen-bond acceptors (Lipinski definition) is 4. The SMILES string of the molecule is COc1ccc2cc(-c3cc(COc4ccc(OCC(=O)O)c(C)c4)cc(-c4ccc(C(F)(F)F)cc4)c3)ccc2c1. The number of aryl methyl sites for hydroxylation is 1. The fourth-order valence-electron chi connectivity index (χ4n) is 4.67. The van der Waals surface area contributed by atoms with Crippen LogP contribution in [0.15, 0.2) is 97.1 Å². The van der Waals surface area contributed by atoms with Crippen molar-refractivity contribution in [2.45, 2.75) is 19.7 Å². The van der Waals surface area contributed by atoms with Gasteiger partial charge in [0.25, 0.3) is 0 Å². The van der Waals surface area contributed by atoms with Crippen LogP contribution in [-0.4, -0.2) is 24.8 Å². The largest absolute Gasteiger partial charge is 0.497 e. The van der Waals surface area contributed by atoms with E-state index in [0.717, 1.165) is 56.5 Å². The summed E-state index contributed by atoms with van der Waals surface area (Å²) in [6.07, 6.45) is -4.42. The number of fused-ring (bicyclic) bond motifs is 1. The van der Waals surface area contributed by atoms with E-state index < -0.39 is 24.3 Å². The molecule has 214 valence electrons. The van der Waals surface area contributed by atoms with Crippen molar-refractivity contribution in [1.82, 2.24) is 0 Å². The number of alkyl halides is 3. The Labute approximate surface area is 240 Å². The van der Waals surface area contributed by atoms with Crippen LogP contribution in [0.4, 0.5) is 13.2 Å². The van der Waals surface area contributed by atoms with Gasteiger partial charge in [0.1, 0.15) is 23.9 Å². The lowest BCUT2D eigenvalue weighted by molar-refractivity contribution is -0.139. The summed E-state index contributed by atoms with van der Waals surface area (Å²) >= 11 is 0. The van der Waals surface area contributed by atoms with Crippen molar-refractivity contribution >= 4 is 16.7 Å². The number of aliphatic carboxylic acids is 1. The maximum Gasteiger partial charge on any atom is 0.416 e. The van der Waals surface area contributed by atoms with Crippen molar-refractivity contribution in [1.29, 1.82) is 0 Å². The summed E-state index contributed by atoms with van der Waals surface area (Å²) in [6, 6.07) is 28.0. The molecule has 0 amide bonds. The Bertz CT molecular complexity index is 1740. The highest BCUT2D eigenvalue weighted by molar-refractivity contribution is 5.89. The Morgan fingerprint density at radius 3 is 2.02 bits per heavy atom. The van der Waals surface area contributed by atoms with Gasteiger partial charge in [-0.2, -0.15) is 13.2 Å². The molecule has 0 aliphatic heterocycles. The summed E-state index contributed by atoms with van der Waals surface area (Å²) < 4.78 is 56.2. The van der Waals surface area contributed by atoms with Crippen molar-refractivity contribution in [2.24, 2.45) is 0 Å². The van der Waals surface area contributed by atoms with E-state index in [-0.39, 0.29) is 6.61 Å². The summed E-state index contributed by atoms with van der Waals surface area (Å²) in [7, 11) is 1.62. The van der Waals surface area contributed by atoms with Gasteiger partial charge >= 0.3 is 12.1 Å². The molecular formula is C34H27F3O5. The molecule has 0 saturated heterocycles. The molecule has 5 aromatic rings. The number of carboxylic acids is 1. The van der Waals surface area contributed by atoms with Gasteiger partial charge in [-0.05, 0) is 118 Å². The Balaban J connectivity index is 1.48. The third-order valence-electron chi connectivity index (χ3n) is 6.82. The molecule has 5 aromatic carbocycles. The van der Waals surface area contributed by atoms with Gasteiger partial charge in [0.2, 0.25) is 0 Å². The predicted octanol–water partition coefficient (Wildman–Crippen LogP) is 8.55. The normalized spacial score (nSPS) is 11.4. The van der Waals surface area contributed by atoms with Crippen LogP contribution in [0.1, 0.15) is 16.7 Å². The van der Waals surface area contributed by atoms with Crippen LogP contribution < -0.4 is 14.2 Å². The first kappa shape index (κ1) is 28.5. The van der Waals surface area contributed by atoms with Gasteiger partial charge in [0, 0.05) is 0 Å². The van der Waals surface area contributed by atoms with Gasteiger partial charge in [-0.1, -0.05) is 30.3 Å². The highest BCUT2D eigenvalue weighted by atomic mass is 19.4. The van der Waals surface area contributed by atoms with E-state index in [9.17, 15) is 18.0 Å². The zero-order chi connectivity index (χ0) is 29.9. The van der Waals surface area contributed by atoms with Crippen molar-refractivity contribution < 1.29 is 37.3 Å². The molecule has 42 heavy (non-hydrogen) atoms. The van der Waals surface area contributed by atoms with E-state index in [1.54, 1.807) is 32.2 Å². The van der Waals surface area contributed by atoms with Crippen molar-refractivity contribution in [3.63, 3.8) is 0 Å². The maximum atomic E-state index is 13.2. The zero-order valence-electron chi connectivity index (χ0n) is 22.9. The molecule has 0 bridgehead atoms. The van der Waals surface area contributed by atoms with E-state index in [4.69, 9.17) is 19.3 Å². The second-order valence-corrected chi connectivity index (χ2v) is 9.82. The van der Waals surface area contributed by atoms with E-state index in [2.05, 4.69) is 6.07 Å². The standard InChI is InChI=1S/C34H27F3O5/c1-21-13-31(11-12-32(21)42-20-33(38)39)41-19-22-14-27(23-5-8-29(9-6-23)34(35,36)37)17-28(15-22)25-3-4-26-18-30(40-2)10-7-24(26)16-25/h3-18H,19-20H2,1-2H3,(H,38,39). The van der Waals surface area contributed by atoms with E-state index >= 15 is 0 Å². The maximum absolute atomic E-state index is 13.2. The molecule has 0 fully saturated rings. The Morgan fingerprint density at radius 2 is 1.36 bits per heavy atom. The second kappa shape index (κ2) is 11.9. The van der Waals surface area contributed by atoms with Gasteiger partial charge in [-0.3, -0.25) is 0 Å². The third kappa shape index (κ3) is 6.66. The van der Waals surface area contributed by atoms with Crippen molar-refractivity contribution in [3.8, 4) is 39.5 Å². The molecule has 0 heterocycles. The van der Waals surface area contributed by atoms with Gasteiger partial charge in [-0.25, -0.2) is 4.79 Å². The first-order valence-electron chi connectivity index (χ1n) is 13.1. The molecule has 0 spiro atoms. The number of methoxy groups -OCH3 is 1. The molecule has 0 unspecified atom stereocenters. The number of halogens is 3. The molecular weight excluding hydrogens is 545 g/mol. The smallest absolute Gasteiger partial charge is 0.416 e. The van der Waals surface area contributed by atoms with Gasteiger partial charge < -0.3 is 19.3 Å². The third-order valence-corrected chi connectivity index (χ3v) is 6.82. The van der Waals surface area contributed by atoms with E-state index in [1.165, 1.54) is 12.1 Å². The van der Waals surface area contributed by atoms with Gasteiger partial charge in [0.15, 0.2) is 6.61 Å². The summed E-state index contributed by atoms with van der Waals surface area (Å²) in [4.78, 5) is 10.8. The fourth-order valence-corrected chi connectivity index (χ4v) is 4.67. The topological polar surface area (TPSA) is 65.0 Å². The summed E-state index contributed by atoms with van der Waals surface area (Å²) in [5.74, 6) is 0.710.